The highest BCUT2D eigenvalue weighted by atomic mass is 79.9. The molecule has 3 aromatic rings. The molecule has 0 aliphatic carbocycles. The number of halogens is 1. The lowest BCUT2D eigenvalue weighted by Crippen LogP contribution is -1.92. The van der Waals surface area contributed by atoms with Crippen molar-refractivity contribution in [2.45, 2.75) is 13.3 Å². The Morgan fingerprint density at radius 3 is 2.68 bits per heavy atom. The Hall–Kier alpha value is -1.81. The zero-order valence-electron chi connectivity index (χ0n) is 10.6. The van der Waals surface area contributed by atoms with E-state index in [2.05, 4.69) is 52.1 Å². The van der Waals surface area contributed by atoms with Gasteiger partial charge in [0.1, 0.15) is 0 Å². The summed E-state index contributed by atoms with van der Waals surface area (Å²) in [4.78, 5) is 4.59. The van der Waals surface area contributed by atoms with Crippen LogP contribution in [0.2, 0.25) is 0 Å². The molecule has 0 saturated carbocycles. The summed E-state index contributed by atoms with van der Waals surface area (Å²) in [7, 11) is 0. The molecular weight excluding hydrogens is 302 g/mol. The van der Waals surface area contributed by atoms with Gasteiger partial charge >= 0.3 is 0 Å². The number of nitrogens with zero attached hydrogens (tertiary/aromatic N) is 2. The van der Waals surface area contributed by atoms with Crippen molar-refractivity contribution in [1.29, 1.82) is 0 Å². The minimum absolute atomic E-state index is 0.685. The van der Waals surface area contributed by atoms with E-state index in [9.17, 15) is 0 Å². The number of nitrogen functional groups attached to an aromatic ring is 1. The molecule has 96 valence electrons. The predicted molar refractivity (Wildman–Crippen MR) is 81.3 cm³/mol. The first kappa shape index (κ1) is 12.2. The summed E-state index contributed by atoms with van der Waals surface area (Å²) in [5, 5.41) is 0. The summed E-state index contributed by atoms with van der Waals surface area (Å²) >= 11 is 3.44. The number of aromatic nitrogens is 2. The highest BCUT2D eigenvalue weighted by Gasteiger charge is 2.06. The molecule has 2 aromatic heterocycles. The van der Waals surface area contributed by atoms with Gasteiger partial charge in [-0.3, -0.25) is 0 Å². The molecule has 0 aliphatic rings. The van der Waals surface area contributed by atoms with Gasteiger partial charge in [-0.1, -0.05) is 29.8 Å². The molecule has 0 amide bonds. The summed E-state index contributed by atoms with van der Waals surface area (Å²) in [5.74, 6) is 0. The average molecular weight is 316 g/mol. The van der Waals surface area contributed by atoms with Gasteiger partial charge in [0.2, 0.25) is 0 Å². The number of rotatable bonds is 2. The van der Waals surface area contributed by atoms with Crippen LogP contribution in [-0.2, 0) is 6.42 Å². The van der Waals surface area contributed by atoms with Crippen LogP contribution in [0.4, 0.5) is 5.69 Å². The maximum absolute atomic E-state index is 5.97. The van der Waals surface area contributed by atoms with E-state index in [0.717, 1.165) is 22.2 Å². The molecule has 0 radical (unpaired) electrons. The van der Waals surface area contributed by atoms with Crippen LogP contribution in [0.3, 0.4) is 0 Å². The van der Waals surface area contributed by atoms with Gasteiger partial charge in [-0.25, -0.2) is 4.98 Å². The fourth-order valence-electron chi connectivity index (χ4n) is 2.14. The van der Waals surface area contributed by atoms with E-state index in [1.54, 1.807) is 0 Å². The van der Waals surface area contributed by atoms with Gasteiger partial charge in [0.05, 0.1) is 11.4 Å². The first-order valence-corrected chi connectivity index (χ1v) is 6.89. The molecule has 1 aromatic carbocycles. The Morgan fingerprint density at radius 2 is 1.95 bits per heavy atom. The monoisotopic (exact) mass is 315 g/mol. The molecule has 2 N–H and O–H groups in total. The van der Waals surface area contributed by atoms with Crippen molar-refractivity contribution in [2.75, 3.05) is 5.73 Å². The molecule has 19 heavy (non-hydrogen) atoms. The van der Waals surface area contributed by atoms with Gasteiger partial charge in [-0.05, 0) is 34.5 Å². The molecule has 0 spiro atoms. The summed E-state index contributed by atoms with van der Waals surface area (Å²) in [6.45, 7) is 2.09. The second-order valence-electron chi connectivity index (χ2n) is 4.74. The topological polar surface area (TPSA) is 43.3 Å². The number of fused-ring (bicyclic) bond motifs is 1. The van der Waals surface area contributed by atoms with Gasteiger partial charge < -0.3 is 10.1 Å². The minimum Gasteiger partial charge on any atom is -0.396 e. The maximum atomic E-state index is 5.97. The van der Waals surface area contributed by atoms with Crippen molar-refractivity contribution in [3.05, 3.63) is 64.0 Å². The number of hydrogen-bond donors (Lipinski definition) is 1. The third kappa shape index (κ3) is 2.49. The maximum Gasteiger partial charge on any atom is 0.160 e. The van der Waals surface area contributed by atoms with Crippen LogP contribution in [0.1, 0.15) is 16.8 Å². The first-order valence-electron chi connectivity index (χ1n) is 6.10. The third-order valence-corrected chi connectivity index (χ3v) is 3.54. The Kier molecular flexibility index (Phi) is 3.03. The van der Waals surface area contributed by atoms with Crippen LogP contribution in [0.5, 0.6) is 0 Å². The summed E-state index contributed by atoms with van der Waals surface area (Å²) in [5.41, 5.74) is 11.0. The number of aryl methyl sites for hydroxylation is 1. The molecule has 0 fully saturated rings. The Labute approximate surface area is 120 Å². The van der Waals surface area contributed by atoms with E-state index in [4.69, 9.17) is 5.73 Å². The quantitative estimate of drug-likeness (QED) is 0.785. The standard InChI is InChI=1S/C15H14BrN3/c1-10-2-4-11(5-3-10)6-13-9-19-8-12(16)7-14(17)15(19)18-13/h2-5,7-9H,6,17H2,1H3. The summed E-state index contributed by atoms with van der Waals surface area (Å²) in [6.07, 6.45) is 4.81. The van der Waals surface area contributed by atoms with E-state index in [-0.39, 0.29) is 0 Å². The fourth-order valence-corrected chi connectivity index (χ4v) is 2.61. The second kappa shape index (κ2) is 4.70. The van der Waals surface area contributed by atoms with Crippen molar-refractivity contribution >= 4 is 27.3 Å². The third-order valence-electron chi connectivity index (χ3n) is 3.10. The molecule has 0 aliphatic heterocycles. The van der Waals surface area contributed by atoms with Gasteiger partial charge in [-0.2, -0.15) is 0 Å². The van der Waals surface area contributed by atoms with E-state index < -0.39 is 0 Å². The van der Waals surface area contributed by atoms with Crippen LogP contribution < -0.4 is 5.73 Å². The second-order valence-corrected chi connectivity index (χ2v) is 5.65. The molecule has 0 bridgehead atoms. The lowest BCUT2D eigenvalue weighted by atomic mass is 10.1. The molecule has 3 nitrogen and oxygen atoms in total. The Morgan fingerprint density at radius 1 is 1.21 bits per heavy atom. The lowest BCUT2D eigenvalue weighted by molar-refractivity contribution is 1.11. The summed E-state index contributed by atoms with van der Waals surface area (Å²) < 4.78 is 2.92. The first-order chi connectivity index (χ1) is 9.11. The van der Waals surface area contributed by atoms with E-state index in [1.807, 2.05) is 22.9 Å². The van der Waals surface area contributed by atoms with Crippen LogP contribution in [0, 0.1) is 6.92 Å². The fraction of sp³-hybridized carbons (Fsp3) is 0.133. The number of benzene rings is 1. The number of imidazole rings is 1. The number of nitrogens with two attached hydrogens (primary N) is 1. The minimum atomic E-state index is 0.685. The number of anilines is 1. The largest absolute Gasteiger partial charge is 0.396 e. The number of hydrogen-bond acceptors (Lipinski definition) is 2. The normalized spacial score (nSPS) is 11.1. The van der Waals surface area contributed by atoms with Crippen molar-refractivity contribution < 1.29 is 0 Å². The van der Waals surface area contributed by atoms with Crippen LogP contribution in [-0.4, -0.2) is 9.38 Å². The molecule has 0 saturated heterocycles. The lowest BCUT2D eigenvalue weighted by Gasteiger charge is -1.98. The van der Waals surface area contributed by atoms with Gasteiger partial charge in [0.15, 0.2) is 5.65 Å². The van der Waals surface area contributed by atoms with Crippen molar-refractivity contribution in [2.24, 2.45) is 0 Å². The van der Waals surface area contributed by atoms with Crippen LogP contribution in [0.15, 0.2) is 47.2 Å². The van der Waals surface area contributed by atoms with E-state index in [0.29, 0.717) is 5.69 Å². The van der Waals surface area contributed by atoms with E-state index >= 15 is 0 Å². The zero-order chi connectivity index (χ0) is 13.4. The van der Waals surface area contributed by atoms with Gasteiger partial charge in [0, 0.05) is 23.3 Å². The zero-order valence-corrected chi connectivity index (χ0v) is 12.2. The predicted octanol–water partition coefficient (Wildman–Crippen LogP) is 3.58. The van der Waals surface area contributed by atoms with Crippen molar-refractivity contribution in [3.63, 3.8) is 0 Å². The van der Waals surface area contributed by atoms with Gasteiger partial charge in [0.25, 0.3) is 0 Å². The molecule has 2 heterocycles. The summed E-state index contributed by atoms with van der Waals surface area (Å²) in [6, 6.07) is 10.4. The molecule has 3 rings (SSSR count). The average Bonchev–Trinajstić information content (AvgIpc) is 2.75. The van der Waals surface area contributed by atoms with E-state index in [1.165, 1.54) is 11.1 Å². The van der Waals surface area contributed by atoms with Crippen molar-refractivity contribution in [1.82, 2.24) is 9.38 Å². The van der Waals surface area contributed by atoms with Crippen molar-refractivity contribution in [3.8, 4) is 0 Å². The Bertz CT molecular complexity index is 729. The van der Waals surface area contributed by atoms with Crippen LogP contribution in [0.25, 0.3) is 5.65 Å². The van der Waals surface area contributed by atoms with Crippen LogP contribution >= 0.6 is 15.9 Å². The highest BCUT2D eigenvalue weighted by molar-refractivity contribution is 9.10. The highest BCUT2D eigenvalue weighted by Crippen LogP contribution is 2.20. The Balaban J connectivity index is 1.97. The molecule has 4 heteroatoms. The number of pyridine rings is 1. The molecular formula is C15H14BrN3. The molecule has 0 atom stereocenters. The van der Waals surface area contributed by atoms with Gasteiger partial charge in [-0.15, -0.1) is 0 Å². The smallest absolute Gasteiger partial charge is 0.160 e. The SMILES string of the molecule is Cc1ccc(Cc2cn3cc(Br)cc(N)c3n2)cc1. The molecule has 0 unspecified atom stereocenters.